The Balaban J connectivity index is 2.24. The summed E-state index contributed by atoms with van der Waals surface area (Å²) < 4.78 is 5.16. The number of hydrogen-bond acceptors (Lipinski definition) is 5. The molecule has 0 bridgehead atoms. The molecule has 2 aromatic carbocycles. The number of para-hydroxylation sites is 1. The molecule has 0 spiro atoms. The first-order valence-corrected chi connectivity index (χ1v) is 8.20. The molecule has 0 radical (unpaired) electrons. The zero-order chi connectivity index (χ0) is 19.6. The highest BCUT2D eigenvalue weighted by Crippen LogP contribution is 2.17. The number of benzene rings is 2. The Bertz CT molecular complexity index is 846. The fourth-order valence-electron chi connectivity index (χ4n) is 2.27. The topological polar surface area (TPSA) is 108 Å². The Kier molecular flexibility index (Phi) is 7.13. The molecule has 0 aliphatic rings. The maximum atomic E-state index is 12.6. The lowest BCUT2D eigenvalue weighted by atomic mass is 10.1. The summed E-state index contributed by atoms with van der Waals surface area (Å²) in [6.45, 7) is -0.113. The van der Waals surface area contributed by atoms with Gasteiger partial charge in [-0.2, -0.15) is 0 Å². The van der Waals surface area contributed by atoms with E-state index in [-0.39, 0.29) is 24.2 Å². The van der Waals surface area contributed by atoms with Crippen molar-refractivity contribution in [1.82, 2.24) is 10.6 Å². The second-order valence-electron chi connectivity index (χ2n) is 5.50. The number of ether oxygens (including phenoxy) is 1. The predicted octanol–water partition coefficient (Wildman–Crippen LogP) is 0.722. The standard InChI is InChI=1S/C20H20N2O5/c1-27-17-10-6-5-9-15(17)19(25)22-16(13-14-7-3-2-4-8-14)20(26)21-12-11-18(23)24/h2-10,13H,11-12H2,1H3,(H,21,26)(H,22,25)(H,23,24)/p-1/b16-13-. The molecule has 2 aromatic rings. The Morgan fingerprint density at radius 3 is 2.37 bits per heavy atom. The number of carboxylic acid groups (broad SMARTS) is 1. The first kappa shape index (κ1) is 19.7. The third-order valence-corrected chi connectivity index (χ3v) is 3.57. The number of rotatable bonds is 8. The fraction of sp³-hybridized carbons (Fsp3) is 0.150. The second kappa shape index (κ2) is 9.76. The van der Waals surface area contributed by atoms with Crippen molar-refractivity contribution in [2.45, 2.75) is 6.42 Å². The van der Waals surface area contributed by atoms with E-state index in [2.05, 4.69) is 10.6 Å². The number of hydrogen-bond donors (Lipinski definition) is 2. The highest BCUT2D eigenvalue weighted by Gasteiger charge is 2.17. The average molecular weight is 367 g/mol. The average Bonchev–Trinajstić information content (AvgIpc) is 2.67. The molecular weight excluding hydrogens is 348 g/mol. The minimum absolute atomic E-state index is 0.0181. The van der Waals surface area contributed by atoms with Gasteiger partial charge in [0.05, 0.1) is 12.7 Å². The number of amides is 2. The van der Waals surface area contributed by atoms with Crippen LogP contribution in [0.2, 0.25) is 0 Å². The number of methoxy groups -OCH3 is 1. The third kappa shape index (κ3) is 6.00. The molecule has 27 heavy (non-hydrogen) atoms. The molecular formula is C20H19N2O5-. The third-order valence-electron chi connectivity index (χ3n) is 3.57. The van der Waals surface area contributed by atoms with Crippen LogP contribution < -0.4 is 20.5 Å². The molecule has 2 rings (SSSR count). The van der Waals surface area contributed by atoms with Gasteiger partial charge in [0.25, 0.3) is 11.8 Å². The minimum Gasteiger partial charge on any atom is -0.550 e. The highest BCUT2D eigenvalue weighted by atomic mass is 16.5. The lowest BCUT2D eigenvalue weighted by Gasteiger charge is -2.13. The van der Waals surface area contributed by atoms with E-state index in [1.165, 1.54) is 13.2 Å². The number of aliphatic carboxylic acids is 1. The molecule has 140 valence electrons. The summed E-state index contributed by atoms with van der Waals surface area (Å²) >= 11 is 0. The molecule has 0 atom stereocenters. The minimum atomic E-state index is -1.28. The van der Waals surface area contributed by atoms with Crippen molar-refractivity contribution in [3.63, 3.8) is 0 Å². The Labute approximate surface area is 156 Å². The molecule has 7 heteroatoms. The van der Waals surface area contributed by atoms with Gasteiger partial charge in [-0.1, -0.05) is 42.5 Å². The van der Waals surface area contributed by atoms with E-state index in [0.29, 0.717) is 11.3 Å². The largest absolute Gasteiger partial charge is 0.550 e. The van der Waals surface area contributed by atoms with E-state index in [9.17, 15) is 19.5 Å². The fourth-order valence-corrected chi connectivity index (χ4v) is 2.27. The smallest absolute Gasteiger partial charge is 0.267 e. The van der Waals surface area contributed by atoms with Crippen molar-refractivity contribution in [2.75, 3.05) is 13.7 Å². The first-order valence-electron chi connectivity index (χ1n) is 8.20. The lowest BCUT2D eigenvalue weighted by molar-refractivity contribution is -0.305. The summed E-state index contributed by atoms with van der Waals surface area (Å²) in [5.74, 6) is -2.04. The van der Waals surface area contributed by atoms with Gasteiger partial charge in [-0.3, -0.25) is 9.59 Å². The Hall–Kier alpha value is -3.61. The molecule has 0 aliphatic carbocycles. The van der Waals surface area contributed by atoms with Crippen LogP contribution in [-0.2, 0) is 9.59 Å². The molecule has 0 saturated heterocycles. The Morgan fingerprint density at radius 1 is 1.04 bits per heavy atom. The number of carbonyl (C=O) groups is 3. The molecule has 0 unspecified atom stereocenters. The van der Waals surface area contributed by atoms with Gasteiger partial charge in [0.1, 0.15) is 11.4 Å². The van der Waals surface area contributed by atoms with E-state index in [1.807, 2.05) is 6.07 Å². The van der Waals surface area contributed by atoms with Gasteiger partial charge in [0.2, 0.25) is 0 Å². The Morgan fingerprint density at radius 2 is 1.70 bits per heavy atom. The van der Waals surface area contributed by atoms with Crippen LogP contribution in [-0.4, -0.2) is 31.4 Å². The van der Waals surface area contributed by atoms with Crippen LogP contribution in [0.15, 0.2) is 60.3 Å². The quantitative estimate of drug-likeness (QED) is 0.669. The number of nitrogens with one attached hydrogen (secondary N) is 2. The van der Waals surface area contributed by atoms with Gasteiger partial charge in [0.15, 0.2) is 0 Å². The molecule has 0 saturated carbocycles. The van der Waals surface area contributed by atoms with Crippen molar-refractivity contribution in [3.8, 4) is 5.75 Å². The van der Waals surface area contributed by atoms with Gasteiger partial charge in [-0.25, -0.2) is 0 Å². The molecule has 2 N–H and O–H groups in total. The van der Waals surface area contributed by atoms with Crippen LogP contribution >= 0.6 is 0 Å². The van der Waals surface area contributed by atoms with Crippen LogP contribution in [0.25, 0.3) is 6.08 Å². The van der Waals surface area contributed by atoms with Crippen LogP contribution in [0, 0.1) is 0 Å². The van der Waals surface area contributed by atoms with Crippen LogP contribution in [0.1, 0.15) is 22.3 Å². The SMILES string of the molecule is COc1ccccc1C(=O)N/C(=C\c1ccccc1)C(=O)NCCC(=O)[O-]. The molecule has 2 amide bonds. The summed E-state index contributed by atoms with van der Waals surface area (Å²) in [5, 5.41) is 15.5. The second-order valence-corrected chi connectivity index (χ2v) is 5.50. The summed E-state index contributed by atoms with van der Waals surface area (Å²) in [6, 6.07) is 15.6. The molecule has 0 aliphatic heterocycles. The zero-order valence-electron chi connectivity index (χ0n) is 14.7. The predicted molar refractivity (Wildman–Crippen MR) is 97.5 cm³/mol. The normalized spacial score (nSPS) is 10.8. The molecule has 0 aromatic heterocycles. The van der Waals surface area contributed by atoms with Crippen molar-refractivity contribution < 1.29 is 24.2 Å². The van der Waals surface area contributed by atoms with E-state index in [4.69, 9.17) is 4.74 Å². The highest BCUT2D eigenvalue weighted by molar-refractivity contribution is 6.06. The van der Waals surface area contributed by atoms with Gasteiger partial charge >= 0.3 is 0 Å². The van der Waals surface area contributed by atoms with E-state index < -0.39 is 17.8 Å². The van der Waals surface area contributed by atoms with Crippen molar-refractivity contribution in [1.29, 1.82) is 0 Å². The lowest BCUT2D eigenvalue weighted by Crippen LogP contribution is -2.37. The maximum Gasteiger partial charge on any atom is 0.267 e. The van der Waals surface area contributed by atoms with Crippen LogP contribution in [0.4, 0.5) is 0 Å². The molecule has 0 fully saturated rings. The van der Waals surface area contributed by atoms with Crippen LogP contribution in [0.5, 0.6) is 5.75 Å². The van der Waals surface area contributed by atoms with E-state index in [0.717, 1.165) is 0 Å². The number of carbonyl (C=O) groups excluding carboxylic acids is 3. The summed E-state index contributed by atoms with van der Waals surface area (Å²) in [6.07, 6.45) is 1.17. The van der Waals surface area contributed by atoms with Gasteiger partial charge in [-0.15, -0.1) is 0 Å². The van der Waals surface area contributed by atoms with Crippen LogP contribution in [0.3, 0.4) is 0 Å². The summed E-state index contributed by atoms with van der Waals surface area (Å²) in [4.78, 5) is 35.5. The monoisotopic (exact) mass is 367 g/mol. The molecule has 0 heterocycles. The van der Waals surface area contributed by atoms with E-state index in [1.54, 1.807) is 48.5 Å². The number of carboxylic acids is 1. The maximum absolute atomic E-state index is 12.6. The van der Waals surface area contributed by atoms with Crippen molar-refractivity contribution in [2.24, 2.45) is 0 Å². The summed E-state index contributed by atoms with van der Waals surface area (Å²) in [5.41, 5.74) is 0.944. The van der Waals surface area contributed by atoms with E-state index >= 15 is 0 Å². The van der Waals surface area contributed by atoms with Crippen molar-refractivity contribution >= 4 is 23.9 Å². The van der Waals surface area contributed by atoms with Gasteiger partial charge in [-0.05, 0) is 23.8 Å². The first-order chi connectivity index (χ1) is 13.0. The zero-order valence-corrected chi connectivity index (χ0v) is 14.7. The summed E-state index contributed by atoms with van der Waals surface area (Å²) in [7, 11) is 1.44. The van der Waals surface area contributed by atoms with Crippen molar-refractivity contribution in [3.05, 3.63) is 71.4 Å². The van der Waals surface area contributed by atoms with Gasteiger partial charge in [0, 0.05) is 18.9 Å². The van der Waals surface area contributed by atoms with Gasteiger partial charge < -0.3 is 25.3 Å². The molecule has 7 nitrogen and oxygen atoms in total.